The predicted molar refractivity (Wildman–Crippen MR) is 100 cm³/mol. The van der Waals surface area contributed by atoms with E-state index in [0.29, 0.717) is 0 Å². The third-order valence-electron chi connectivity index (χ3n) is 4.28. The summed E-state index contributed by atoms with van der Waals surface area (Å²) >= 11 is 0. The van der Waals surface area contributed by atoms with Crippen molar-refractivity contribution in [2.75, 3.05) is 0 Å². The van der Waals surface area contributed by atoms with Gasteiger partial charge in [0.1, 0.15) is 0 Å². The van der Waals surface area contributed by atoms with Crippen LogP contribution < -0.4 is 5.32 Å². The van der Waals surface area contributed by atoms with Crippen LogP contribution >= 0.6 is 0 Å². The second-order valence-corrected chi connectivity index (χ2v) is 19.5. The van der Waals surface area contributed by atoms with E-state index in [1.54, 1.807) is 0 Å². The zero-order valence-electron chi connectivity index (χ0n) is 14.6. The van der Waals surface area contributed by atoms with Crippen LogP contribution in [0.15, 0.2) is 24.3 Å². The molecule has 0 saturated carbocycles. The Hall–Kier alpha value is -0.846. The SMILES string of the molecule is Cc1c(CNC([Si](C)(C)C)[Si](C)(C)C)[nH]c2ccccc12. The smallest absolute Gasteiger partial charge is 0.0599 e. The molecular formula is C17H30N2Si2. The fraction of sp³-hybridized carbons (Fsp3) is 0.529. The minimum Gasteiger partial charge on any atom is -0.357 e. The van der Waals surface area contributed by atoms with Crippen molar-refractivity contribution in [2.45, 2.75) is 58.0 Å². The molecule has 1 aromatic carbocycles. The van der Waals surface area contributed by atoms with Crippen molar-refractivity contribution in [3.8, 4) is 0 Å². The van der Waals surface area contributed by atoms with Gasteiger partial charge in [0.25, 0.3) is 0 Å². The van der Waals surface area contributed by atoms with Gasteiger partial charge in [-0.05, 0) is 23.8 Å². The maximum atomic E-state index is 3.91. The summed E-state index contributed by atoms with van der Waals surface area (Å²) in [5.74, 6) is 0. The van der Waals surface area contributed by atoms with E-state index < -0.39 is 16.1 Å². The molecule has 0 spiro atoms. The number of nitrogens with one attached hydrogen (secondary N) is 2. The zero-order valence-corrected chi connectivity index (χ0v) is 16.6. The molecule has 0 aliphatic rings. The first-order chi connectivity index (χ1) is 9.60. The molecule has 0 amide bonds. The Morgan fingerprint density at radius 1 is 1.00 bits per heavy atom. The maximum Gasteiger partial charge on any atom is 0.0599 e. The van der Waals surface area contributed by atoms with Crippen LogP contribution in [0, 0.1) is 6.92 Å². The van der Waals surface area contributed by atoms with Gasteiger partial charge in [-0.1, -0.05) is 57.5 Å². The average Bonchev–Trinajstić information content (AvgIpc) is 2.64. The summed E-state index contributed by atoms with van der Waals surface area (Å²) in [5, 5.41) is 6.00. The summed E-state index contributed by atoms with van der Waals surface area (Å²) in [4.78, 5) is 3.59. The van der Waals surface area contributed by atoms with Gasteiger partial charge < -0.3 is 10.3 Å². The molecule has 1 heterocycles. The van der Waals surface area contributed by atoms with Crippen LogP contribution in [0.2, 0.25) is 39.3 Å². The highest BCUT2D eigenvalue weighted by molar-refractivity contribution is 6.96. The van der Waals surface area contributed by atoms with Gasteiger partial charge in [0.05, 0.1) is 16.1 Å². The van der Waals surface area contributed by atoms with Crippen LogP contribution in [0.25, 0.3) is 10.9 Å². The Morgan fingerprint density at radius 2 is 1.57 bits per heavy atom. The van der Waals surface area contributed by atoms with E-state index in [1.807, 2.05) is 0 Å². The third-order valence-corrected chi connectivity index (χ3v) is 13.4. The standard InChI is InChI=1S/C17H30N2Si2/c1-13-14-10-8-9-11-15(14)19-16(13)12-18-17(20(2,3)4)21(5,6)7/h8-11,17-19H,12H2,1-7H3. The van der Waals surface area contributed by atoms with Gasteiger partial charge in [-0.25, -0.2) is 0 Å². The largest absolute Gasteiger partial charge is 0.357 e. The molecule has 0 atom stereocenters. The van der Waals surface area contributed by atoms with Crippen molar-refractivity contribution in [1.82, 2.24) is 10.3 Å². The summed E-state index contributed by atoms with van der Waals surface area (Å²) in [6.07, 6.45) is 0. The summed E-state index contributed by atoms with van der Waals surface area (Å²) < 4.78 is 0. The molecule has 116 valence electrons. The van der Waals surface area contributed by atoms with Crippen molar-refractivity contribution in [2.24, 2.45) is 0 Å². The van der Waals surface area contributed by atoms with Gasteiger partial charge in [0.2, 0.25) is 0 Å². The fourth-order valence-corrected chi connectivity index (χ4v) is 15.5. The third kappa shape index (κ3) is 3.68. The lowest BCUT2D eigenvalue weighted by Gasteiger charge is -2.39. The van der Waals surface area contributed by atoms with E-state index in [-0.39, 0.29) is 0 Å². The highest BCUT2D eigenvalue weighted by Gasteiger charge is 2.37. The first-order valence-electron chi connectivity index (χ1n) is 7.90. The number of aromatic amines is 1. The highest BCUT2D eigenvalue weighted by atomic mass is 28.4. The van der Waals surface area contributed by atoms with Gasteiger partial charge in [0, 0.05) is 23.1 Å². The summed E-state index contributed by atoms with van der Waals surface area (Å²) in [7, 11) is -2.39. The van der Waals surface area contributed by atoms with E-state index in [4.69, 9.17) is 0 Å². The number of para-hydroxylation sites is 1. The Balaban J connectivity index is 2.22. The van der Waals surface area contributed by atoms with Gasteiger partial charge in [-0.3, -0.25) is 0 Å². The fourth-order valence-electron chi connectivity index (χ4n) is 3.63. The summed E-state index contributed by atoms with van der Waals surface area (Å²) in [6.45, 7) is 18.1. The Kier molecular flexibility index (Phi) is 4.52. The van der Waals surface area contributed by atoms with Crippen LogP contribution in [0.4, 0.5) is 0 Å². The molecule has 2 nitrogen and oxygen atoms in total. The summed E-state index contributed by atoms with van der Waals surface area (Å²) in [5.41, 5.74) is 3.99. The molecule has 2 aromatic rings. The number of H-pyrrole nitrogens is 1. The van der Waals surface area contributed by atoms with Gasteiger partial charge in [0.15, 0.2) is 0 Å². The number of aromatic nitrogens is 1. The topological polar surface area (TPSA) is 27.8 Å². The van der Waals surface area contributed by atoms with Crippen LogP contribution in [-0.2, 0) is 6.54 Å². The molecule has 0 unspecified atom stereocenters. The zero-order chi connectivity index (χ0) is 15.8. The van der Waals surface area contributed by atoms with E-state index in [9.17, 15) is 0 Å². The van der Waals surface area contributed by atoms with E-state index in [1.165, 1.54) is 22.2 Å². The Bertz CT molecular complexity index is 604. The molecule has 1 aromatic heterocycles. The highest BCUT2D eigenvalue weighted by Crippen LogP contribution is 2.23. The van der Waals surface area contributed by atoms with Crippen molar-refractivity contribution in [1.29, 1.82) is 0 Å². The average molecular weight is 319 g/mol. The van der Waals surface area contributed by atoms with Gasteiger partial charge in [-0.15, -0.1) is 0 Å². The quantitative estimate of drug-likeness (QED) is 0.769. The van der Waals surface area contributed by atoms with Crippen molar-refractivity contribution < 1.29 is 0 Å². The lowest BCUT2D eigenvalue weighted by Crippen LogP contribution is -2.61. The molecule has 0 bridgehead atoms. The molecular weight excluding hydrogens is 288 g/mol. The predicted octanol–water partition coefficient (Wildman–Crippen LogP) is 4.69. The molecule has 0 radical (unpaired) electrons. The van der Waals surface area contributed by atoms with E-state index in [0.717, 1.165) is 11.8 Å². The molecule has 2 rings (SSSR count). The molecule has 4 heteroatoms. The molecule has 0 fully saturated rings. The number of hydrogen-bond donors (Lipinski definition) is 2. The first-order valence-corrected chi connectivity index (χ1v) is 15.1. The second kappa shape index (κ2) is 5.74. The van der Waals surface area contributed by atoms with Crippen LogP contribution in [-0.4, -0.2) is 26.4 Å². The molecule has 0 saturated heterocycles. The second-order valence-electron chi connectivity index (χ2n) is 8.32. The Labute approximate surface area is 131 Å². The first kappa shape index (κ1) is 16.5. The van der Waals surface area contributed by atoms with Gasteiger partial charge >= 0.3 is 0 Å². The number of benzene rings is 1. The number of aryl methyl sites for hydroxylation is 1. The van der Waals surface area contributed by atoms with Gasteiger partial charge in [-0.2, -0.15) is 0 Å². The number of hydrogen-bond acceptors (Lipinski definition) is 1. The molecule has 0 aliphatic carbocycles. The monoisotopic (exact) mass is 318 g/mol. The van der Waals surface area contributed by atoms with Crippen LogP contribution in [0.3, 0.4) is 0 Å². The minimum atomic E-state index is -1.20. The lowest BCUT2D eigenvalue weighted by atomic mass is 10.1. The molecule has 0 aliphatic heterocycles. The van der Waals surface area contributed by atoms with Crippen molar-refractivity contribution >= 4 is 27.1 Å². The van der Waals surface area contributed by atoms with Crippen LogP contribution in [0.5, 0.6) is 0 Å². The van der Waals surface area contributed by atoms with E-state index >= 15 is 0 Å². The number of fused-ring (bicyclic) bond motifs is 1. The van der Waals surface area contributed by atoms with Crippen molar-refractivity contribution in [3.05, 3.63) is 35.5 Å². The van der Waals surface area contributed by atoms with E-state index in [2.05, 4.69) is 80.8 Å². The van der Waals surface area contributed by atoms with Crippen molar-refractivity contribution in [3.63, 3.8) is 0 Å². The Morgan fingerprint density at radius 3 is 2.10 bits per heavy atom. The number of rotatable bonds is 5. The lowest BCUT2D eigenvalue weighted by molar-refractivity contribution is 0.707. The normalized spacial score (nSPS) is 13.3. The summed E-state index contributed by atoms with van der Waals surface area (Å²) in [6, 6.07) is 8.59. The molecule has 21 heavy (non-hydrogen) atoms. The molecule has 2 N–H and O–H groups in total. The minimum absolute atomic E-state index is 0.732. The maximum absolute atomic E-state index is 3.91. The van der Waals surface area contributed by atoms with Crippen LogP contribution in [0.1, 0.15) is 11.3 Å².